The van der Waals surface area contributed by atoms with Crippen molar-refractivity contribution in [2.24, 2.45) is 0 Å². The van der Waals surface area contributed by atoms with Crippen LogP contribution in [-0.4, -0.2) is 33.9 Å². The molecule has 0 aliphatic carbocycles. The molecule has 28 heavy (non-hydrogen) atoms. The van der Waals surface area contributed by atoms with Crippen LogP contribution in [0.4, 0.5) is 0 Å². The van der Waals surface area contributed by atoms with E-state index in [0.29, 0.717) is 31.3 Å². The van der Waals surface area contributed by atoms with E-state index in [-0.39, 0.29) is 11.9 Å². The number of nitrogens with zero attached hydrogens (tertiary/aromatic N) is 3. The molecule has 0 saturated carbocycles. The lowest BCUT2D eigenvalue weighted by molar-refractivity contribution is -0.117. The maximum absolute atomic E-state index is 12.6. The van der Waals surface area contributed by atoms with Gasteiger partial charge < -0.3 is 14.8 Å². The van der Waals surface area contributed by atoms with Gasteiger partial charge >= 0.3 is 0 Å². The van der Waals surface area contributed by atoms with Gasteiger partial charge in [0.25, 0.3) is 0 Å². The molecule has 2 aromatic carbocycles. The van der Waals surface area contributed by atoms with Crippen LogP contribution >= 0.6 is 0 Å². The molecule has 4 rings (SSSR count). The van der Waals surface area contributed by atoms with Gasteiger partial charge in [0.05, 0.1) is 12.6 Å². The summed E-state index contributed by atoms with van der Waals surface area (Å²) in [7, 11) is 0. The van der Waals surface area contributed by atoms with E-state index in [1.807, 2.05) is 48.5 Å². The minimum absolute atomic E-state index is 0.205. The van der Waals surface area contributed by atoms with Crippen LogP contribution in [0.5, 0.6) is 11.5 Å². The molecule has 1 N–H and O–H groups in total. The van der Waals surface area contributed by atoms with E-state index in [2.05, 4.69) is 15.4 Å². The maximum Gasteiger partial charge on any atom is 0.244 e. The Labute approximate surface area is 162 Å². The van der Waals surface area contributed by atoms with Crippen molar-refractivity contribution in [1.82, 2.24) is 20.1 Å². The largest absolute Gasteiger partial charge is 0.486 e. The molecule has 7 heteroatoms. The normalized spacial score (nSPS) is 14.0. The molecule has 0 radical (unpaired) electrons. The Morgan fingerprint density at radius 2 is 2.00 bits per heavy atom. The summed E-state index contributed by atoms with van der Waals surface area (Å²) in [6.45, 7) is 1.51. The molecule has 0 fully saturated rings. The molecular formula is C21H20N4O3. The zero-order chi connectivity index (χ0) is 19.2. The zero-order valence-electron chi connectivity index (χ0n) is 15.2. The fraction of sp³-hybridized carbons (Fsp3) is 0.190. The quantitative estimate of drug-likeness (QED) is 0.669. The second-order valence-corrected chi connectivity index (χ2v) is 6.29. The van der Waals surface area contributed by atoms with Crippen molar-refractivity contribution in [2.45, 2.75) is 12.6 Å². The van der Waals surface area contributed by atoms with Crippen LogP contribution in [-0.2, 0) is 11.3 Å². The topological polar surface area (TPSA) is 78.3 Å². The van der Waals surface area contributed by atoms with Crippen LogP contribution in [0, 0.1) is 0 Å². The van der Waals surface area contributed by atoms with E-state index < -0.39 is 0 Å². The number of hydrogen-bond acceptors (Lipinski definition) is 5. The number of fused-ring (bicyclic) bond motifs is 1. The lowest BCUT2D eigenvalue weighted by atomic mass is 10.1. The summed E-state index contributed by atoms with van der Waals surface area (Å²) in [5.41, 5.74) is 1.80. The van der Waals surface area contributed by atoms with E-state index in [9.17, 15) is 4.79 Å². The Kier molecular flexibility index (Phi) is 5.33. The predicted molar refractivity (Wildman–Crippen MR) is 104 cm³/mol. The Balaban J connectivity index is 1.49. The van der Waals surface area contributed by atoms with Crippen molar-refractivity contribution < 1.29 is 14.3 Å². The zero-order valence-corrected chi connectivity index (χ0v) is 15.2. The third-order valence-electron chi connectivity index (χ3n) is 4.37. The first kappa shape index (κ1) is 17.8. The second kappa shape index (κ2) is 8.39. The van der Waals surface area contributed by atoms with Gasteiger partial charge in [-0.25, -0.2) is 4.98 Å². The molecule has 1 aliphatic heterocycles. The fourth-order valence-electron chi connectivity index (χ4n) is 3.05. The minimum atomic E-state index is -0.232. The molecule has 2 heterocycles. The summed E-state index contributed by atoms with van der Waals surface area (Å²) in [4.78, 5) is 16.5. The average Bonchev–Trinajstić information content (AvgIpc) is 3.25. The van der Waals surface area contributed by atoms with Crippen molar-refractivity contribution in [3.05, 3.63) is 78.4 Å². The van der Waals surface area contributed by atoms with Gasteiger partial charge in [-0.2, -0.15) is 5.10 Å². The summed E-state index contributed by atoms with van der Waals surface area (Å²) >= 11 is 0. The fourth-order valence-corrected chi connectivity index (χ4v) is 3.05. The van der Waals surface area contributed by atoms with E-state index in [4.69, 9.17) is 9.47 Å². The summed E-state index contributed by atoms with van der Waals surface area (Å²) in [6, 6.07) is 15.2. The van der Waals surface area contributed by atoms with Crippen molar-refractivity contribution in [3.8, 4) is 11.5 Å². The number of carbonyl (C=O) groups is 1. The third-order valence-corrected chi connectivity index (χ3v) is 4.37. The number of benzene rings is 2. The highest BCUT2D eigenvalue weighted by Gasteiger charge is 2.16. The van der Waals surface area contributed by atoms with Crippen LogP contribution in [0.3, 0.4) is 0 Å². The highest BCUT2D eigenvalue weighted by atomic mass is 16.6. The number of amides is 1. The lowest BCUT2D eigenvalue weighted by Gasteiger charge is -2.20. The summed E-state index contributed by atoms with van der Waals surface area (Å²) in [6.07, 6.45) is 6.35. The van der Waals surface area contributed by atoms with Crippen molar-refractivity contribution in [2.75, 3.05) is 13.2 Å². The second-order valence-electron chi connectivity index (χ2n) is 6.29. The Bertz CT molecular complexity index is 955. The monoisotopic (exact) mass is 376 g/mol. The first-order chi connectivity index (χ1) is 13.8. The SMILES string of the molecule is O=C(/C=C/c1cccc2c1OCCO2)NC(Cn1cncn1)c1ccccc1. The number of carbonyl (C=O) groups excluding carboxylic acids is 1. The van der Waals surface area contributed by atoms with Crippen LogP contribution in [0.15, 0.2) is 67.3 Å². The number of rotatable bonds is 6. The van der Waals surface area contributed by atoms with E-state index >= 15 is 0 Å². The maximum atomic E-state index is 12.6. The lowest BCUT2D eigenvalue weighted by Crippen LogP contribution is -2.30. The van der Waals surface area contributed by atoms with Crippen LogP contribution < -0.4 is 14.8 Å². The third kappa shape index (κ3) is 4.20. The van der Waals surface area contributed by atoms with Crippen LogP contribution in [0.1, 0.15) is 17.2 Å². The van der Waals surface area contributed by atoms with Crippen molar-refractivity contribution in [1.29, 1.82) is 0 Å². The van der Waals surface area contributed by atoms with Gasteiger partial charge in [0, 0.05) is 11.6 Å². The Morgan fingerprint density at radius 1 is 1.14 bits per heavy atom. The van der Waals surface area contributed by atoms with Crippen LogP contribution in [0.25, 0.3) is 6.08 Å². The standard InChI is InChI=1S/C21H20N4O3/c26-20(10-9-17-7-4-8-19-21(17)28-12-11-27-19)24-18(13-25-15-22-14-23-25)16-5-2-1-3-6-16/h1-10,14-15,18H,11-13H2,(H,24,26)/b10-9+. The Hall–Kier alpha value is -3.61. The summed E-state index contributed by atoms with van der Waals surface area (Å²) in [5.74, 6) is 1.16. The van der Waals surface area contributed by atoms with Gasteiger partial charge in [-0.05, 0) is 17.7 Å². The number of nitrogens with one attached hydrogen (secondary N) is 1. The average molecular weight is 376 g/mol. The van der Waals surface area contributed by atoms with Gasteiger partial charge in [0.1, 0.15) is 25.9 Å². The molecular weight excluding hydrogens is 356 g/mol. The predicted octanol–water partition coefficient (Wildman–Crippen LogP) is 2.62. The number of aromatic nitrogens is 3. The van der Waals surface area contributed by atoms with Gasteiger partial charge in [0.2, 0.25) is 5.91 Å². The van der Waals surface area contributed by atoms with Gasteiger partial charge in [-0.15, -0.1) is 0 Å². The highest BCUT2D eigenvalue weighted by molar-refractivity contribution is 5.92. The van der Waals surface area contributed by atoms with Gasteiger partial charge in [-0.3, -0.25) is 9.48 Å². The van der Waals surface area contributed by atoms with Crippen LogP contribution in [0.2, 0.25) is 0 Å². The first-order valence-corrected chi connectivity index (χ1v) is 9.04. The van der Waals surface area contributed by atoms with E-state index in [1.165, 1.54) is 12.4 Å². The van der Waals surface area contributed by atoms with Gasteiger partial charge in [0.15, 0.2) is 11.5 Å². The number of para-hydroxylation sites is 1. The molecule has 0 saturated heterocycles. The molecule has 1 unspecified atom stereocenters. The van der Waals surface area contributed by atoms with E-state index in [0.717, 1.165) is 11.1 Å². The molecule has 1 atom stereocenters. The highest BCUT2D eigenvalue weighted by Crippen LogP contribution is 2.34. The molecule has 1 aliphatic rings. The van der Waals surface area contributed by atoms with E-state index in [1.54, 1.807) is 17.1 Å². The van der Waals surface area contributed by atoms with Crippen molar-refractivity contribution >= 4 is 12.0 Å². The molecule has 142 valence electrons. The molecule has 3 aromatic rings. The van der Waals surface area contributed by atoms with Crippen molar-refractivity contribution in [3.63, 3.8) is 0 Å². The molecule has 1 amide bonds. The molecule has 0 bridgehead atoms. The smallest absolute Gasteiger partial charge is 0.244 e. The summed E-state index contributed by atoms with van der Waals surface area (Å²) < 4.78 is 13.0. The van der Waals surface area contributed by atoms with Gasteiger partial charge in [-0.1, -0.05) is 42.5 Å². The summed E-state index contributed by atoms with van der Waals surface area (Å²) in [5, 5.41) is 7.17. The Morgan fingerprint density at radius 3 is 2.82 bits per heavy atom. The molecule has 0 spiro atoms. The first-order valence-electron chi connectivity index (χ1n) is 9.04. The molecule has 7 nitrogen and oxygen atoms in total. The minimum Gasteiger partial charge on any atom is -0.486 e. The molecule has 1 aromatic heterocycles. The number of ether oxygens (including phenoxy) is 2. The number of hydrogen-bond donors (Lipinski definition) is 1.